The van der Waals surface area contributed by atoms with Crippen LogP contribution in [0.5, 0.6) is 0 Å². The monoisotopic (exact) mass is 244 g/mol. The van der Waals surface area contributed by atoms with E-state index in [1.54, 1.807) is 0 Å². The number of carboxylic acids is 1. The number of hydroxylamine groups is 1. The van der Waals surface area contributed by atoms with Gasteiger partial charge in [-0.25, -0.2) is 10.3 Å². The Balaban J connectivity index is 5.02. The molecule has 17 heavy (non-hydrogen) atoms. The molecule has 0 spiro atoms. The Bertz CT molecular complexity index is 360. The number of carboxylic acid groups (broad SMARTS) is 1. The number of nitrogens with one attached hydrogen (secondary N) is 2. The SMILES string of the molecule is CNC(=O)/C=C(/CC(C)(C)C(=O)NO)C(=O)O. The molecule has 0 aromatic carbocycles. The average Bonchev–Trinajstić information content (AvgIpc) is 2.26. The number of hydrogen-bond donors (Lipinski definition) is 4. The Morgan fingerprint density at radius 2 is 1.82 bits per heavy atom. The molecule has 7 nitrogen and oxygen atoms in total. The summed E-state index contributed by atoms with van der Waals surface area (Å²) in [5.74, 6) is -2.57. The summed E-state index contributed by atoms with van der Waals surface area (Å²) in [6, 6.07) is 0. The van der Waals surface area contributed by atoms with Crippen LogP contribution in [0.25, 0.3) is 0 Å². The van der Waals surface area contributed by atoms with Crippen LogP contribution in [0.15, 0.2) is 11.6 Å². The van der Waals surface area contributed by atoms with E-state index in [1.165, 1.54) is 26.4 Å². The summed E-state index contributed by atoms with van der Waals surface area (Å²) < 4.78 is 0. The van der Waals surface area contributed by atoms with Crippen molar-refractivity contribution in [2.45, 2.75) is 20.3 Å². The minimum atomic E-state index is -1.28. The summed E-state index contributed by atoms with van der Waals surface area (Å²) in [4.78, 5) is 33.2. The summed E-state index contributed by atoms with van der Waals surface area (Å²) >= 11 is 0. The lowest BCUT2D eigenvalue weighted by molar-refractivity contribution is -0.138. The van der Waals surface area contributed by atoms with Crippen molar-refractivity contribution < 1.29 is 24.7 Å². The molecular formula is C10H16N2O5. The van der Waals surface area contributed by atoms with Gasteiger partial charge in [0.05, 0.1) is 0 Å². The van der Waals surface area contributed by atoms with Crippen LogP contribution in [0, 0.1) is 5.41 Å². The van der Waals surface area contributed by atoms with Gasteiger partial charge in [-0.3, -0.25) is 14.8 Å². The van der Waals surface area contributed by atoms with Gasteiger partial charge in [0.1, 0.15) is 0 Å². The molecule has 0 rings (SSSR count). The highest BCUT2D eigenvalue weighted by Gasteiger charge is 2.30. The van der Waals surface area contributed by atoms with E-state index in [9.17, 15) is 14.4 Å². The van der Waals surface area contributed by atoms with Crippen molar-refractivity contribution in [3.63, 3.8) is 0 Å². The normalized spacial score (nSPS) is 11.9. The van der Waals surface area contributed by atoms with E-state index in [4.69, 9.17) is 10.3 Å². The van der Waals surface area contributed by atoms with Gasteiger partial charge in [0.15, 0.2) is 0 Å². The van der Waals surface area contributed by atoms with Gasteiger partial charge in [0.25, 0.3) is 0 Å². The summed E-state index contributed by atoms with van der Waals surface area (Å²) in [6.07, 6.45) is 0.733. The maximum absolute atomic E-state index is 11.3. The summed E-state index contributed by atoms with van der Waals surface area (Å²) in [5.41, 5.74) is 0.115. The zero-order valence-corrected chi connectivity index (χ0v) is 9.90. The second-order valence-electron chi connectivity index (χ2n) is 4.09. The Kier molecular flexibility index (Phi) is 5.33. The number of amides is 2. The minimum Gasteiger partial charge on any atom is -0.478 e. The molecule has 0 saturated heterocycles. The van der Waals surface area contributed by atoms with Gasteiger partial charge in [-0.2, -0.15) is 0 Å². The minimum absolute atomic E-state index is 0.178. The van der Waals surface area contributed by atoms with Gasteiger partial charge in [-0.05, 0) is 6.42 Å². The lowest BCUT2D eigenvalue weighted by Gasteiger charge is -2.21. The fraction of sp³-hybridized carbons (Fsp3) is 0.500. The lowest BCUT2D eigenvalue weighted by atomic mass is 9.84. The molecule has 0 heterocycles. The second kappa shape index (κ2) is 6.00. The highest BCUT2D eigenvalue weighted by atomic mass is 16.5. The Morgan fingerprint density at radius 3 is 2.18 bits per heavy atom. The fourth-order valence-corrected chi connectivity index (χ4v) is 1.13. The van der Waals surface area contributed by atoms with E-state index in [0.29, 0.717) is 0 Å². The molecule has 7 heteroatoms. The van der Waals surface area contributed by atoms with Crippen LogP contribution in [-0.4, -0.2) is 35.1 Å². The van der Waals surface area contributed by atoms with Crippen LogP contribution >= 0.6 is 0 Å². The van der Waals surface area contributed by atoms with Gasteiger partial charge in [0.2, 0.25) is 11.8 Å². The van der Waals surface area contributed by atoms with E-state index in [1.807, 2.05) is 0 Å². The number of hydrogen-bond acceptors (Lipinski definition) is 4. The molecule has 2 amide bonds. The van der Waals surface area contributed by atoms with E-state index in [2.05, 4.69) is 5.32 Å². The van der Waals surface area contributed by atoms with Crippen LogP contribution in [-0.2, 0) is 14.4 Å². The molecular weight excluding hydrogens is 228 g/mol. The van der Waals surface area contributed by atoms with Gasteiger partial charge < -0.3 is 10.4 Å². The molecule has 0 unspecified atom stereocenters. The molecule has 0 aliphatic heterocycles. The van der Waals surface area contributed by atoms with Gasteiger partial charge in [-0.15, -0.1) is 0 Å². The van der Waals surface area contributed by atoms with Crippen molar-refractivity contribution in [2.24, 2.45) is 5.41 Å². The number of rotatable bonds is 5. The van der Waals surface area contributed by atoms with Gasteiger partial charge >= 0.3 is 5.97 Å². The Labute approximate surface area is 98.5 Å². The molecule has 0 radical (unpaired) electrons. The topological polar surface area (TPSA) is 116 Å². The zero-order valence-electron chi connectivity index (χ0n) is 9.90. The van der Waals surface area contributed by atoms with Gasteiger partial charge in [-0.1, -0.05) is 13.8 Å². The first-order valence-corrected chi connectivity index (χ1v) is 4.84. The van der Waals surface area contributed by atoms with E-state index < -0.39 is 23.2 Å². The second-order valence-corrected chi connectivity index (χ2v) is 4.09. The lowest BCUT2D eigenvalue weighted by Crippen LogP contribution is -2.36. The number of aliphatic carboxylic acids is 1. The molecule has 0 fully saturated rings. The van der Waals surface area contributed by atoms with Crippen LogP contribution in [0.2, 0.25) is 0 Å². The average molecular weight is 244 g/mol. The molecule has 0 aromatic heterocycles. The van der Waals surface area contributed by atoms with Crippen LogP contribution in [0.3, 0.4) is 0 Å². The van der Waals surface area contributed by atoms with Crippen molar-refractivity contribution in [1.29, 1.82) is 0 Å². The predicted molar refractivity (Wildman–Crippen MR) is 58.1 cm³/mol. The maximum Gasteiger partial charge on any atom is 0.331 e. The molecule has 4 N–H and O–H groups in total. The smallest absolute Gasteiger partial charge is 0.331 e. The van der Waals surface area contributed by atoms with E-state index in [0.717, 1.165) is 6.08 Å². The number of carbonyl (C=O) groups is 3. The molecule has 0 bridgehead atoms. The highest BCUT2D eigenvalue weighted by Crippen LogP contribution is 2.25. The molecule has 0 aromatic rings. The van der Waals surface area contributed by atoms with Crippen molar-refractivity contribution in [1.82, 2.24) is 10.8 Å². The highest BCUT2D eigenvalue weighted by molar-refractivity contribution is 5.98. The van der Waals surface area contributed by atoms with Crippen molar-refractivity contribution in [3.8, 4) is 0 Å². The first kappa shape index (κ1) is 15.1. The third-order valence-electron chi connectivity index (χ3n) is 2.18. The molecule has 0 aliphatic rings. The Hall–Kier alpha value is -1.89. The predicted octanol–water partition coefficient (Wildman–Crippen LogP) is -0.335. The molecule has 0 atom stereocenters. The third-order valence-corrected chi connectivity index (χ3v) is 2.18. The van der Waals surface area contributed by atoms with Gasteiger partial charge in [0, 0.05) is 24.1 Å². The zero-order chi connectivity index (χ0) is 13.6. The van der Waals surface area contributed by atoms with Crippen molar-refractivity contribution >= 4 is 17.8 Å². The van der Waals surface area contributed by atoms with Crippen molar-refractivity contribution in [3.05, 3.63) is 11.6 Å². The third kappa shape index (κ3) is 4.64. The maximum atomic E-state index is 11.3. The van der Waals surface area contributed by atoms with E-state index >= 15 is 0 Å². The summed E-state index contributed by atoms with van der Waals surface area (Å²) in [5, 5.41) is 19.6. The standard InChI is InChI=1S/C10H16N2O5/c1-10(2,9(16)12-17)5-6(8(14)15)4-7(13)11-3/h4,17H,5H2,1-3H3,(H,11,13)(H,12,16)(H,14,15)/b6-4-. The van der Waals surface area contributed by atoms with Crippen LogP contribution in [0.1, 0.15) is 20.3 Å². The quantitative estimate of drug-likeness (QED) is 0.300. The molecule has 0 saturated carbocycles. The largest absolute Gasteiger partial charge is 0.478 e. The van der Waals surface area contributed by atoms with Crippen LogP contribution in [0.4, 0.5) is 0 Å². The van der Waals surface area contributed by atoms with Crippen molar-refractivity contribution in [2.75, 3.05) is 7.05 Å². The Morgan fingerprint density at radius 1 is 1.29 bits per heavy atom. The number of carbonyl (C=O) groups excluding carboxylic acids is 2. The summed E-state index contributed by atoms with van der Waals surface area (Å²) in [7, 11) is 1.36. The fourth-order valence-electron chi connectivity index (χ4n) is 1.13. The first-order chi connectivity index (χ1) is 7.74. The first-order valence-electron chi connectivity index (χ1n) is 4.84. The van der Waals surface area contributed by atoms with Crippen LogP contribution < -0.4 is 10.8 Å². The molecule has 0 aliphatic carbocycles. The number of likely N-dealkylation sites (N-methyl/N-ethyl adjacent to an activating group) is 1. The summed E-state index contributed by atoms with van der Waals surface area (Å²) in [6.45, 7) is 2.92. The van der Waals surface area contributed by atoms with E-state index in [-0.39, 0.29) is 12.0 Å². The molecule has 96 valence electrons.